The van der Waals surface area contributed by atoms with Gasteiger partial charge in [0.2, 0.25) is 5.88 Å². The summed E-state index contributed by atoms with van der Waals surface area (Å²) in [4.78, 5) is 16.6. The van der Waals surface area contributed by atoms with Crippen LogP contribution >= 0.6 is 11.6 Å². The Morgan fingerprint density at radius 1 is 1.08 bits per heavy atom. The average Bonchev–Trinajstić information content (AvgIpc) is 2.63. The standard InChI is InChI=1S/C20H17ClN2O2/c1-14-7-2-5-11-18(14)25-20-15(8-6-12-22-20)13-23-19(24)16-9-3-4-10-17(16)21/h2-12H,13H2,1H3,(H,23,24). The highest BCUT2D eigenvalue weighted by molar-refractivity contribution is 6.33. The highest BCUT2D eigenvalue weighted by Crippen LogP contribution is 2.25. The third-order valence-corrected chi connectivity index (χ3v) is 4.04. The number of amides is 1. The molecule has 1 N–H and O–H groups in total. The fraction of sp³-hybridized carbons (Fsp3) is 0.100. The van der Waals surface area contributed by atoms with E-state index in [2.05, 4.69) is 10.3 Å². The lowest BCUT2D eigenvalue weighted by atomic mass is 10.2. The van der Waals surface area contributed by atoms with Gasteiger partial charge in [0.1, 0.15) is 5.75 Å². The van der Waals surface area contributed by atoms with Gasteiger partial charge in [-0.25, -0.2) is 4.98 Å². The zero-order chi connectivity index (χ0) is 17.6. The van der Waals surface area contributed by atoms with E-state index in [9.17, 15) is 4.79 Å². The molecule has 3 rings (SSSR count). The molecule has 0 saturated heterocycles. The van der Waals surface area contributed by atoms with E-state index in [1.165, 1.54) is 0 Å². The van der Waals surface area contributed by atoms with Crippen LogP contribution in [0.15, 0.2) is 66.9 Å². The van der Waals surface area contributed by atoms with Gasteiger partial charge in [0.15, 0.2) is 0 Å². The Kier molecular flexibility index (Phi) is 5.31. The minimum absolute atomic E-state index is 0.240. The van der Waals surface area contributed by atoms with Crippen LogP contribution in [0.25, 0.3) is 0 Å². The Morgan fingerprint density at radius 2 is 1.84 bits per heavy atom. The quantitative estimate of drug-likeness (QED) is 0.719. The number of para-hydroxylation sites is 1. The molecule has 0 bridgehead atoms. The van der Waals surface area contributed by atoms with Gasteiger partial charge in [0, 0.05) is 18.3 Å². The topological polar surface area (TPSA) is 51.2 Å². The molecule has 25 heavy (non-hydrogen) atoms. The van der Waals surface area contributed by atoms with E-state index >= 15 is 0 Å². The van der Waals surface area contributed by atoms with Crippen molar-refractivity contribution >= 4 is 17.5 Å². The van der Waals surface area contributed by atoms with E-state index in [4.69, 9.17) is 16.3 Å². The van der Waals surface area contributed by atoms with Gasteiger partial charge in [-0.15, -0.1) is 0 Å². The molecular formula is C20H17ClN2O2. The van der Waals surface area contributed by atoms with Crippen molar-refractivity contribution in [2.75, 3.05) is 0 Å². The van der Waals surface area contributed by atoms with Crippen LogP contribution in [-0.2, 0) is 6.54 Å². The predicted molar refractivity (Wildman–Crippen MR) is 98.1 cm³/mol. The molecule has 0 unspecified atom stereocenters. The predicted octanol–water partition coefficient (Wildman–Crippen LogP) is 4.77. The van der Waals surface area contributed by atoms with Crippen LogP contribution in [0.2, 0.25) is 5.02 Å². The van der Waals surface area contributed by atoms with Gasteiger partial charge in [0.05, 0.1) is 10.6 Å². The van der Waals surface area contributed by atoms with Crippen molar-refractivity contribution in [3.8, 4) is 11.6 Å². The van der Waals surface area contributed by atoms with Gasteiger partial charge in [-0.3, -0.25) is 4.79 Å². The number of aryl methyl sites for hydroxylation is 1. The van der Waals surface area contributed by atoms with Gasteiger partial charge in [-0.1, -0.05) is 48.0 Å². The van der Waals surface area contributed by atoms with Crippen LogP contribution in [0, 0.1) is 6.92 Å². The molecular weight excluding hydrogens is 336 g/mol. The molecule has 0 aliphatic heterocycles. The van der Waals surface area contributed by atoms with Gasteiger partial charge < -0.3 is 10.1 Å². The molecule has 0 aliphatic rings. The van der Waals surface area contributed by atoms with Crippen LogP contribution in [0.1, 0.15) is 21.5 Å². The zero-order valence-electron chi connectivity index (χ0n) is 13.7. The molecule has 0 atom stereocenters. The van der Waals surface area contributed by atoms with Crippen LogP contribution in [0.5, 0.6) is 11.6 Å². The second-order valence-electron chi connectivity index (χ2n) is 5.50. The summed E-state index contributed by atoms with van der Waals surface area (Å²) in [6.07, 6.45) is 1.66. The number of pyridine rings is 1. The summed E-state index contributed by atoms with van der Waals surface area (Å²) in [5.41, 5.74) is 2.24. The number of carbonyl (C=O) groups excluding carboxylic acids is 1. The van der Waals surface area contributed by atoms with E-state index in [0.29, 0.717) is 23.0 Å². The Morgan fingerprint density at radius 3 is 2.64 bits per heavy atom. The minimum Gasteiger partial charge on any atom is -0.438 e. The third-order valence-electron chi connectivity index (χ3n) is 3.71. The average molecular weight is 353 g/mol. The van der Waals surface area contributed by atoms with Crippen LogP contribution in [0.3, 0.4) is 0 Å². The normalized spacial score (nSPS) is 10.3. The number of hydrogen-bond acceptors (Lipinski definition) is 3. The summed E-state index contributed by atoms with van der Waals surface area (Å²) in [5.74, 6) is 0.965. The van der Waals surface area contributed by atoms with Gasteiger partial charge in [-0.05, 0) is 36.8 Å². The molecule has 2 aromatic carbocycles. The molecule has 126 valence electrons. The molecule has 4 nitrogen and oxygen atoms in total. The summed E-state index contributed by atoms with van der Waals surface area (Å²) in [6, 6.07) is 18.3. The number of nitrogens with one attached hydrogen (secondary N) is 1. The highest BCUT2D eigenvalue weighted by atomic mass is 35.5. The summed E-state index contributed by atoms with van der Waals surface area (Å²) in [5, 5.41) is 3.27. The Bertz CT molecular complexity index is 896. The summed E-state index contributed by atoms with van der Waals surface area (Å²) >= 11 is 6.06. The van der Waals surface area contributed by atoms with Crippen molar-refractivity contribution in [1.29, 1.82) is 0 Å². The number of hydrogen-bond donors (Lipinski definition) is 1. The largest absolute Gasteiger partial charge is 0.438 e. The molecule has 1 heterocycles. The maximum atomic E-state index is 12.3. The monoisotopic (exact) mass is 352 g/mol. The number of carbonyl (C=O) groups is 1. The summed E-state index contributed by atoms with van der Waals surface area (Å²) in [7, 11) is 0. The van der Waals surface area contributed by atoms with Gasteiger partial charge in [0.25, 0.3) is 5.91 Å². The molecule has 3 aromatic rings. The number of rotatable bonds is 5. The van der Waals surface area contributed by atoms with Crippen molar-refractivity contribution in [3.63, 3.8) is 0 Å². The number of halogens is 1. The van der Waals surface area contributed by atoms with Gasteiger partial charge in [-0.2, -0.15) is 0 Å². The molecule has 1 aromatic heterocycles. The highest BCUT2D eigenvalue weighted by Gasteiger charge is 2.12. The summed E-state index contributed by atoms with van der Waals surface area (Å²) in [6.45, 7) is 2.26. The molecule has 0 radical (unpaired) electrons. The Labute approximate surface area is 151 Å². The fourth-order valence-electron chi connectivity index (χ4n) is 2.34. The van der Waals surface area contributed by atoms with E-state index < -0.39 is 0 Å². The number of benzene rings is 2. The maximum absolute atomic E-state index is 12.3. The minimum atomic E-state index is -0.240. The Hall–Kier alpha value is -2.85. The van der Waals surface area contributed by atoms with Crippen molar-refractivity contribution in [1.82, 2.24) is 10.3 Å². The summed E-state index contributed by atoms with van der Waals surface area (Å²) < 4.78 is 5.91. The lowest BCUT2D eigenvalue weighted by Crippen LogP contribution is -2.23. The molecule has 0 fully saturated rings. The first-order chi connectivity index (χ1) is 12.1. The van der Waals surface area contributed by atoms with E-state index in [1.54, 1.807) is 30.5 Å². The number of aromatic nitrogens is 1. The molecule has 0 aliphatic carbocycles. The van der Waals surface area contributed by atoms with Crippen molar-refractivity contribution in [2.24, 2.45) is 0 Å². The van der Waals surface area contributed by atoms with Crippen molar-refractivity contribution < 1.29 is 9.53 Å². The maximum Gasteiger partial charge on any atom is 0.253 e. The zero-order valence-corrected chi connectivity index (χ0v) is 14.5. The lowest BCUT2D eigenvalue weighted by molar-refractivity contribution is 0.0951. The van der Waals surface area contributed by atoms with E-state index in [1.807, 2.05) is 43.3 Å². The molecule has 0 saturated carbocycles. The molecule has 5 heteroatoms. The van der Waals surface area contributed by atoms with Gasteiger partial charge >= 0.3 is 0 Å². The second-order valence-corrected chi connectivity index (χ2v) is 5.90. The SMILES string of the molecule is Cc1ccccc1Oc1ncccc1CNC(=O)c1ccccc1Cl. The smallest absolute Gasteiger partial charge is 0.253 e. The Balaban J connectivity index is 1.74. The fourth-order valence-corrected chi connectivity index (χ4v) is 2.56. The van der Waals surface area contributed by atoms with Crippen LogP contribution in [0.4, 0.5) is 0 Å². The first kappa shape index (κ1) is 17.0. The lowest BCUT2D eigenvalue weighted by Gasteiger charge is -2.12. The van der Waals surface area contributed by atoms with Crippen LogP contribution in [-0.4, -0.2) is 10.9 Å². The van der Waals surface area contributed by atoms with Crippen molar-refractivity contribution in [3.05, 3.63) is 88.6 Å². The first-order valence-electron chi connectivity index (χ1n) is 7.85. The van der Waals surface area contributed by atoms with Crippen LogP contribution < -0.4 is 10.1 Å². The van der Waals surface area contributed by atoms with Crippen molar-refractivity contribution in [2.45, 2.75) is 13.5 Å². The molecule has 1 amide bonds. The number of nitrogens with zero attached hydrogens (tertiary/aromatic N) is 1. The number of ether oxygens (including phenoxy) is 1. The third kappa shape index (κ3) is 4.17. The van der Waals surface area contributed by atoms with E-state index in [-0.39, 0.29) is 5.91 Å². The molecule has 0 spiro atoms. The second kappa shape index (κ2) is 7.81. The van der Waals surface area contributed by atoms with E-state index in [0.717, 1.165) is 16.9 Å². The first-order valence-corrected chi connectivity index (χ1v) is 8.23.